The zero-order valence-corrected chi connectivity index (χ0v) is 13.0. The molecule has 1 heterocycles. The van der Waals surface area contributed by atoms with Crippen LogP contribution in [0.2, 0.25) is 0 Å². The lowest BCUT2D eigenvalue weighted by Crippen LogP contribution is -2.13. The third kappa shape index (κ3) is 2.62. The van der Waals surface area contributed by atoms with Gasteiger partial charge >= 0.3 is 0 Å². The van der Waals surface area contributed by atoms with Crippen molar-refractivity contribution in [2.24, 2.45) is 5.92 Å². The second-order valence-corrected chi connectivity index (χ2v) is 6.71. The van der Waals surface area contributed by atoms with Crippen molar-refractivity contribution >= 4 is 22.2 Å². The van der Waals surface area contributed by atoms with E-state index in [0.29, 0.717) is 16.5 Å². The minimum absolute atomic E-state index is 0.00821. The average Bonchev–Trinajstić information content (AvgIpc) is 2.83. The van der Waals surface area contributed by atoms with E-state index in [1.165, 1.54) is 34.4 Å². The highest BCUT2D eigenvalue weighted by Crippen LogP contribution is 2.39. The Hall–Kier alpha value is -2.19. The quantitative estimate of drug-likeness (QED) is 0.906. The summed E-state index contributed by atoms with van der Waals surface area (Å²) in [5.74, 6) is -0.484. The summed E-state index contributed by atoms with van der Waals surface area (Å²) in [6.07, 6.45) is 2.86. The Morgan fingerprint density at radius 2 is 2.23 bits per heavy atom. The fourth-order valence-electron chi connectivity index (χ4n) is 2.77. The van der Waals surface area contributed by atoms with Crippen molar-refractivity contribution in [1.29, 1.82) is 5.26 Å². The van der Waals surface area contributed by atoms with Gasteiger partial charge in [-0.1, -0.05) is 19.1 Å². The largest absolute Gasteiger partial charge is 0.312 e. The Morgan fingerprint density at radius 1 is 1.45 bits per heavy atom. The molecule has 3 rings (SSSR count). The van der Waals surface area contributed by atoms with E-state index in [1.807, 2.05) is 0 Å². The molecular weight excluding hydrogens is 299 g/mol. The first-order valence-electron chi connectivity index (χ1n) is 7.20. The van der Waals surface area contributed by atoms with E-state index in [4.69, 9.17) is 0 Å². The number of carbonyl (C=O) groups is 1. The van der Waals surface area contributed by atoms with Crippen molar-refractivity contribution in [3.8, 4) is 6.07 Å². The lowest BCUT2D eigenvalue weighted by atomic mass is 9.88. The molecule has 0 bridgehead atoms. The normalized spacial score (nSPS) is 16.7. The molecule has 1 aliphatic rings. The number of anilines is 1. The molecule has 22 heavy (non-hydrogen) atoms. The number of nitrogens with one attached hydrogen (secondary N) is 1. The van der Waals surface area contributed by atoms with Crippen molar-refractivity contribution in [2.45, 2.75) is 26.2 Å². The van der Waals surface area contributed by atoms with E-state index in [0.717, 1.165) is 24.8 Å². The lowest BCUT2D eigenvalue weighted by molar-refractivity contribution is 0.102. The van der Waals surface area contributed by atoms with E-state index in [-0.39, 0.29) is 5.56 Å². The van der Waals surface area contributed by atoms with Crippen LogP contribution in [0.3, 0.4) is 0 Å². The molecule has 112 valence electrons. The SMILES string of the molecule is CC1CCc2c(sc(NC(=O)c3ccccc3F)c2C#N)C1. The maximum Gasteiger partial charge on any atom is 0.259 e. The van der Waals surface area contributed by atoms with Gasteiger partial charge in [-0.05, 0) is 42.9 Å². The predicted octanol–water partition coefficient (Wildman–Crippen LogP) is 4.14. The highest BCUT2D eigenvalue weighted by atomic mass is 32.1. The van der Waals surface area contributed by atoms with Gasteiger partial charge in [-0.25, -0.2) is 4.39 Å². The van der Waals surface area contributed by atoms with Crippen molar-refractivity contribution < 1.29 is 9.18 Å². The number of nitrogens with zero attached hydrogens (tertiary/aromatic N) is 1. The minimum Gasteiger partial charge on any atom is -0.312 e. The molecule has 5 heteroatoms. The Bertz CT molecular complexity index is 775. The van der Waals surface area contributed by atoms with E-state index in [1.54, 1.807) is 6.07 Å². The van der Waals surface area contributed by atoms with Crippen LogP contribution in [0.25, 0.3) is 0 Å². The maximum atomic E-state index is 13.7. The number of nitriles is 1. The molecule has 1 aromatic heterocycles. The first-order chi connectivity index (χ1) is 10.6. The van der Waals surface area contributed by atoms with Crippen LogP contribution in [0.5, 0.6) is 0 Å². The topological polar surface area (TPSA) is 52.9 Å². The number of hydrogen-bond acceptors (Lipinski definition) is 3. The smallest absolute Gasteiger partial charge is 0.259 e. The van der Waals surface area contributed by atoms with Gasteiger partial charge < -0.3 is 5.32 Å². The highest BCUT2D eigenvalue weighted by molar-refractivity contribution is 7.16. The third-order valence-corrected chi connectivity index (χ3v) is 5.14. The van der Waals surface area contributed by atoms with Crippen molar-refractivity contribution in [3.63, 3.8) is 0 Å². The first-order valence-corrected chi connectivity index (χ1v) is 8.02. The molecule has 1 N–H and O–H groups in total. The van der Waals surface area contributed by atoms with Crippen molar-refractivity contribution in [3.05, 3.63) is 51.7 Å². The van der Waals surface area contributed by atoms with Gasteiger partial charge in [0.2, 0.25) is 0 Å². The Kier molecular flexibility index (Phi) is 3.95. The van der Waals surface area contributed by atoms with Crippen LogP contribution in [0.15, 0.2) is 24.3 Å². The number of benzene rings is 1. The zero-order chi connectivity index (χ0) is 15.7. The van der Waals surface area contributed by atoms with Gasteiger partial charge in [0.25, 0.3) is 5.91 Å². The molecule has 1 unspecified atom stereocenters. The van der Waals surface area contributed by atoms with Crippen LogP contribution < -0.4 is 5.32 Å². The predicted molar refractivity (Wildman–Crippen MR) is 84.6 cm³/mol. The second kappa shape index (κ2) is 5.90. The summed E-state index contributed by atoms with van der Waals surface area (Å²) in [6.45, 7) is 2.19. The molecule has 0 spiro atoms. The Labute approximate surface area is 132 Å². The molecule has 1 aromatic carbocycles. The van der Waals surface area contributed by atoms with Gasteiger partial charge in [0, 0.05) is 4.88 Å². The fraction of sp³-hybridized carbons (Fsp3) is 0.294. The number of halogens is 1. The summed E-state index contributed by atoms with van der Waals surface area (Å²) >= 11 is 1.44. The number of fused-ring (bicyclic) bond motifs is 1. The van der Waals surface area contributed by atoms with Crippen molar-refractivity contribution in [1.82, 2.24) is 0 Å². The van der Waals surface area contributed by atoms with Crippen molar-refractivity contribution in [2.75, 3.05) is 5.32 Å². The summed E-state index contributed by atoms with van der Waals surface area (Å²) < 4.78 is 13.7. The monoisotopic (exact) mass is 314 g/mol. The molecule has 0 fully saturated rings. The summed E-state index contributed by atoms with van der Waals surface area (Å²) in [7, 11) is 0. The lowest BCUT2D eigenvalue weighted by Gasteiger charge is -2.17. The van der Waals surface area contributed by atoms with Crippen LogP contribution in [-0.4, -0.2) is 5.91 Å². The van der Waals surface area contributed by atoms with Gasteiger partial charge in [0.1, 0.15) is 16.9 Å². The number of rotatable bonds is 2. The van der Waals surface area contributed by atoms with Gasteiger partial charge in [0.15, 0.2) is 0 Å². The molecule has 0 saturated heterocycles. The van der Waals surface area contributed by atoms with Gasteiger partial charge in [-0.15, -0.1) is 11.3 Å². The first kappa shape index (κ1) is 14.7. The molecule has 1 aliphatic carbocycles. The maximum absolute atomic E-state index is 13.7. The van der Waals surface area contributed by atoms with Crippen LogP contribution in [0, 0.1) is 23.1 Å². The van der Waals surface area contributed by atoms with Crippen LogP contribution in [-0.2, 0) is 12.8 Å². The van der Waals surface area contributed by atoms with Gasteiger partial charge in [-0.3, -0.25) is 4.79 Å². The standard InChI is InChI=1S/C17H15FN2OS/c1-10-6-7-11-13(9-19)17(22-15(11)8-10)20-16(21)12-4-2-3-5-14(12)18/h2-5,10H,6-8H2,1H3,(H,20,21). The fourth-order valence-corrected chi connectivity index (χ4v) is 4.13. The van der Waals surface area contributed by atoms with Crippen LogP contribution >= 0.6 is 11.3 Å². The van der Waals surface area contributed by atoms with E-state index in [2.05, 4.69) is 18.3 Å². The molecule has 1 atom stereocenters. The van der Waals surface area contributed by atoms with Crippen LogP contribution in [0.4, 0.5) is 9.39 Å². The number of hydrogen-bond donors (Lipinski definition) is 1. The average molecular weight is 314 g/mol. The third-order valence-electron chi connectivity index (χ3n) is 3.97. The van der Waals surface area contributed by atoms with E-state index >= 15 is 0 Å². The summed E-state index contributed by atoms with van der Waals surface area (Å²) in [5.41, 5.74) is 1.58. The summed E-state index contributed by atoms with van der Waals surface area (Å²) in [4.78, 5) is 13.4. The molecule has 1 amide bonds. The summed E-state index contributed by atoms with van der Waals surface area (Å²) in [6, 6.07) is 8.04. The minimum atomic E-state index is -0.562. The molecule has 3 nitrogen and oxygen atoms in total. The van der Waals surface area contributed by atoms with Crippen LogP contribution in [0.1, 0.15) is 39.7 Å². The molecule has 2 aromatic rings. The van der Waals surface area contributed by atoms with E-state index < -0.39 is 11.7 Å². The van der Waals surface area contributed by atoms with Gasteiger partial charge in [0.05, 0.1) is 11.1 Å². The summed E-state index contributed by atoms with van der Waals surface area (Å²) in [5, 5.41) is 12.6. The van der Waals surface area contributed by atoms with Gasteiger partial charge in [-0.2, -0.15) is 5.26 Å². The Balaban J connectivity index is 1.92. The number of carbonyl (C=O) groups excluding carboxylic acids is 1. The molecule has 0 radical (unpaired) electrons. The second-order valence-electron chi connectivity index (χ2n) is 5.60. The molecule has 0 aliphatic heterocycles. The molecule has 0 saturated carbocycles. The zero-order valence-electron chi connectivity index (χ0n) is 12.1. The Morgan fingerprint density at radius 3 is 2.95 bits per heavy atom. The number of amides is 1. The molecular formula is C17H15FN2OS. The highest BCUT2D eigenvalue weighted by Gasteiger charge is 2.25. The number of thiophene rings is 1. The van der Waals surface area contributed by atoms with E-state index in [9.17, 15) is 14.4 Å².